The highest BCUT2D eigenvalue weighted by Gasteiger charge is 2.19. The molecular formula is C16H29BrO3. The van der Waals surface area contributed by atoms with E-state index in [0.717, 1.165) is 38.5 Å². The molecule has 0 aliphatic carbocycles. The second kappa shape index (κ2) is 13.6. The molecule has 0 fully saturated rings. The predicted molar refractivity (Wildman–Crippen MR) is 85.9 cm³/mol. The lowest BCUT2D eigenvalue weighted by Crippen LogP contribution is -2.21. The van der Waals surface area contributed by atoms with Crippen molar-refractivity contribution < 1.29 is 14.3 Å². The van der Waals surface area contributed by atoms with E-state index in [1.54, 1.807) is 0 Å². The molecule has 0 bridgehead atoms. The van der Waals surface area contributed by atoms with Gasteiger partial charge in [-0.25, -0.2) is 0 Å². The van der Waals surface area contributed by atoms with Crippen LogP contribution in [0.25, 0.3) is 0 Å². The van der Waals surface area contributed by atoms with Crippen LogP contribution in [0, 0.1) is 0 Å². The van der Waals surface area contributed by atoms with Crippen LogP contribution in [-0.2, 0) is 14.3 Å². The Labute approximate surface area is 132 Å². The number of unbranched alkanes of at least 4 members (excludes halogenated alkanes) is 7. The first kappa shape index (κ1) is 19.6. The molecule has 118 valence electrons. The van der Waals surface area contributed by atoms with Crippen LogP contribution in [0.3, 0.4) is 0 Å². The highest BCUT2D eigenvalue weighted by atomic mass is 79.9. The molecule has 0 N–H and O–H groups in total. The molecule has 3 nitrogen and oxygen atoms in total. The number of ether oxygens (including phenoxy) is 1. The van der Waals surface area contributed by atoms with Crippen molar-refractivity contribution in [2.75, 3.05) is 0 Å². The summed E-state index contributed by atoms with van der Waals surface area (Å²) in [7, 11) is 0. The van der Waals surface area contributed by atoms with Gasteiger partial charge in [-0.1, -0.05) is 81.1 Å². The lowest BCUT2D eigenvalue weighted by atomic mass is 10.1. The first-order valence-electron chi connectivity index (χ1n) is 8.00. The summed E-state index contributed by atoms with van der Waals surface area (Å²) >= 11 is 3.30. The largest absolute Gasteiger partial charge is 0.392 e. The molecule has 0 aromatic rings. The average Bonchev–Trinajstić information content (AvgIpc) is 2.43. The van der Waals surface area contributed by atoms with Crippen molar-refractivity contribution in [1.29, 1.82) is 0 Å². The van der Waals surface area contributed by atoms with E-state index in [-0.39, 0.29) is 10.8 Å². The summed E-state index contributed by atoms with van der Waals surface area (Å²) in [6.07, 6.45) is 11.0. The first-order chi connectivity index (χ1) is 9.61. The Balaban J connectivity index is 3.64. The van der Waals surface area contributed by atoms with Crippen molar-refractivity contribution in [1.82, 2.24) is 0 Å². The number of halogens is 1. The van der Waals surface area contributed by atoms with E-state index in [0.29, 0.717) is 6.42 Å². The molecule has 0 rings (SSSR count). The number of alkyl halides is 1. The second-order valence-corrected chi connectivity index (χ2v) is 6.38. The predicted octanol–water partition coefficient (Wildman–Crippen LogP) is 5.15. The van der Waals surface area contributed by atoms with Crippen LogP contribution < -0.4 is 0 Å². The number of hydrogen-bond donors (Lipinski definition) is 0. The Morgan fingerprint density at radius 1 is 0.900 bits per heavy atom. The Morgan fingerprint density at radius 2 is 1.45 bits per heavy atom. The zero-order valence-electron chi connectivity index (χ0n) is 13.0. The fraction of sp³-hybridized carbons (Fsp3) is 0.875. The molecule has 1 atom stereocenters. The smallest absolute Gasteiger partial charge is 0.327 e. The van der Waals surface area contributed by atoms with Crippen molar-refractivity contribution in [3.05, 3.63) is 0 Å². The van der Waals surface area contributed by atoms with Crippen LogP contribution in [-0.4, -0.2) is 16.8 Å². The zero-order chi connectivity index (χ0) is 15.2. The molecular weight excluding hydrogens is 320 g/mol. The van der Waals surface area contributed by atoms with Gasteiger partial charge in [-0.15, -0.1) is 0 Å². The number of hydrogen-bond acceptors (Lipinski definition) is 3. The minimum Gasteiger partial charge on any atom is -0.392 e. The number of carbonyl (C=O) groups excluding carboxylic acids is 2. The van der Waals surface area contributed by atoms with Gasteiger partial charge in [-0.05, 0) is 12.8 Å². The Kier molecular flexibility index (Phi) is 13.3. The van der Waals surface area contributed by atoms with Crippen LogP contribution >= 0.6 is 15.9 Å². The Hall–Kier alpha value is -0.380. The third-order valence-corrected chi connectivity index (χ3v) is 4.10. The standard InChI is InChI=1S/C16H29BrO3/c1-3-5-7-9-11-13-15(18)20-16(19)14(17)12-10-8-6-4-2/h14H,3-13H2,1-2H3. The number of rotatable bonds is 12. The minimum absolute atomic E-state index is 0.344. The van der Waals surface area contributed by atoms with Gasteiger partial charge in [0.1, 0.15) is 4.83 Å². The summed E-state index contributed by atoms with van der Waals surface area (Å²) in [5.41, 5.74) is 0. The van der Waals surface area contributed by atoms with E-state index in [1.165, 1.54) is 25.7 Å². The van der Waals surface area contributed by atoms with Crippen LogP contribution in [0.4, 0.5) is 0 Å². The molecule has 0 heterocycles. The Morgan fingerprint density at radius 3 is 2.05 bits per heavy atom. The molecule has 0 saturated heterocycles. The van der Waals surface area contributed by atoms with E-state index in [1.807, 2.05) is 0 Å². The van der Waals surface area contributed by atoms with Gasteiger partial charge >= 0.3 is 11.9 Å². The van der Waals surface area contributed by atoms with Crippen molar-refractivity contribution in [2.45, 2.75) is 89.3 Å². The molecule has 0 saturated carbocycles. The van der Waals surface area contributed by atoms with E-state index in [4.69, 9.17) is 4.74 Å². The molecule has 0 aromatic heterocycles. The minimum atomic E-state index is -0.431. The lowest BCUT2D eigenvalue weighted by molar-refractivity contribution is -0.159. The topological polar surface area (TPSA) is 43.4 Å². The molecule has 4 heteroatoms. The summed E-state index contributed by atoms with van der Waals surface area (Å²) in [6.45, 7) is 4.31. The average molecular weight is 349 g/mol. The summed E-state index contributed by atoms with van der Waals surface area (Å²) < 4.78 is 4.85. The monoisotopic (exact) mass is 348 g/mol. The van der Waals surface area contributed by atoms with Gasteiger partial charge in [0.05, 0.1) is 0 Å². The van der Waals surface area contributed by atoms with Crippen LogP contribution in [0.15, 0.2) is 0 Å². The van der Waals surface area contributed by atoms with E-state index < -0.39 is 5.97 Å². The van der Waals surface area contributed by atoms with E-state index >= 15 is 0 Å². The Bertz CT molecular complexity index is 266. The lowest BCUT2D eigenvalue weighted by Gasteiger charge is -2.08. The SMILES string of the molecule is CCCCCCCC(=O)OC(=O)C(Br)CCCCCC. The molecule has 0 spiro atoms. The second-order valence-electron chi connectivity index (χ2n) is 5.27. The van der Waals surface area contributed by atoms with Crippen molar-refractivity contribution in [3.8, 4) is 0 Å². The fourth-order valence-electron chi connectivity index (χ4n) is 1.97. The number of esters is 2. The van der Waals surface area contributed by atoms with Crippen molar-refractivity contribution >= 4 is 27.9 Å². The van der Waals surface area contributed by atoms with Crippen molar-refractivity contribution in [2.24, 2.45) is 0 Å². The fourth-order valence-corrected chi connectivity index (χ4v) is 2.39. The van der Waals surface area contributed by atoms with E-state index in [9.17, 15) is 9.59 Å². The zero-order valence-corrected chi connectivity index (χ0v) is 14.5. The summed E-state index contributed by atoms with van der Waals surface area (Å²) in [5.74, 6) is -0.815. The van der Waals surface area contributed by atoms with Gasteiger partial charge in [-0.2, -0.15) is 0 Å². The first-order valence-corrected chi connectivity index (χ1v) is 8.92. The normalized spacial score (nSPS) is 12.2. The van der Waals surface area contributed by atoms with Gasteiger partial charge in [-0.3, -0.25) is 9.59 Å². The molecule has 20 heavy (non-hydrogen) atoms. The van der Waals surface area contributed by atoms with E-state index in [2.05, 4.69) is 29.8 Å². The number of carbonyl (C=O) groups is 2. The van der Waals surface area contributed by atoms with Crippen LogP contribution in [0.1, 0.15) is 84.5 Å². The maximum atomic E-state index is 11.7. The maximum Gasteiger partial charge on any atom is 0.327 e. The summed E-state index contributed by atoms with van der Waals surface area (Å²) in [5, 5.41) is 0. The molecule has 1 unspecified atom stereocenters. The molecule has 0 amide bonds. The van der Waals surface area contributed by atoms with Gasteiger partial charge in [0, 0.05) is 6.42 Å². The van der Waals surface area contributed by atoms with Crippen LogP contribution in [0.2, 0.25) is 0 Å². The highest BCUT2D eigenvalue weighted by molar-refractivity contribution is 9.10. The molecule has 0 aromatic carbocycles. The van der Waals surface area contributed by atoms with Crippen LogP contribution in [0.5, 0.6) is 0 Å². The van der Waals surface area contributed by atoms with Gasteiger partial charge in [0.2, 0.25) is 0 Å². The summed E-state index contributed by atoms with van der Waals surface area (Å²) in [4.78, 5) is 22.8. The molecule has 0 radical (unpaired) electrons. The molecule has 0 aliphatic heterocycles. The van der Waals surface area contributed by atoms with Gasteiger partial charge in [0.25, 0.3) is 0 Å². The third kappa shape index (κ3) is 11.4. The van der Waals surface area contributed by atoms with Crippen molar-refractivity contribution in [3.63, 3.8) is 0 Å². The molecule has 0 aliphatic rings. The van der Waals surface area contributed by atoms with Gasteiger partial charge in [0.15, 0.2) is 0 Å². The highest BCUT2D eigenvalue weighted by Crippen LogP contribution is 2.14. The quantitative estimate of drug-likeness (QED) is 0.212. The summed E-state index contributed by atoms with van der Waals surface area (Å²) in [6, 6.07) is 0. The maximum absolute atomic E-state index is 11.7. The van der Waals surface area contributed by atoms with Gasteiger partial charge < -0.3 is 4.74 Å². The third-order valence-electron chi connectivity index (χ3n) is 3.27.